The zero-order valence-corrected chi connectivity index (χ0v) is 13.0. The first-order chi connectivity index (χ1) is 11.3. The summed E-state index contributed by atoms with van der Waals surface area (Å²) in [6, 6.07) is 13.4. The number of nitrogens with one attached hydrogen (secondary N) is 2. The molecule has 120 valence electrons. The molecule has 2 N–H and O–H groups in total. The van der Waals surface area contributed by atoms with E-state index in [4.69, 9.17) is 4.74 Å². The number of ether oxygens (including phenoxy) is 1. The van der Waals surface area contributed by atoms with E-state index in [-0.39, 0.29) is 6.03 Å². The molecule has 0 radical (unpaired) electrons. The zero-order chi connectivity index (χ0) is 15.9. The quantitative estimate of drug-likeness (QED) is 0.886. The molecule has 2 amide bonds. The molecule has 0 atom stereocenters. The number of benzene rings is 1. The summed E-state index contributed by atoms with van der Waals surface area (Å²) in [5, 5.41) is 5.91. The molecular formula is C18H21N3O2. The first-order valence-corrected chi connectivity index (χ1v) is 8.02. The molecule has 5 heteroatoms. The van der Waals surface area contributed by atoms with E-state index >= 15 is 0 Å². The van der Waals surface area contributed by atoms with Gasteiger partial charge in [-0.05, 0) is 36.6 Å². The van der Waals surface area contributed by atoms with Crippen molar-refractivity contribution in [1.82, 2.24) is 15.6 Å². The highest BCUT2D eigenvalue weighted by molar-refractivity contribution is 5.74. The third-order valence-corrected chi connectivity index (χ3v) is 3.90. The maximum Gasteiger partial charge on any atom is 0.315 e. The third kappa shape index (κ3) is 4.71. The molecule has 1 aliphatic carbocycles. The molecule has 1 heterocycles. The lowest BCUT2D eigenvalue weighted by atomic mass is 10.2. The van der Waals surface area contributed by atoms with Gasteiger partial charge in [-0.25, -0.2) is 9.78 Å². The predicted octanol–water partition coefficient (Wildman–Crippen LogP) is 3.62. The number of pyridine rings is 1. The molecule has 5 nitrogen and oxygen atoms in total. The summed E-state index contributed by atoms with van der Waals surface area (Å²) in [6.45, 7) is 0.470. The van der Waals surface area contributed by atoms with E-state index in [1.165, 1.54) is 12.8 Å². The van der Waals surface area contributed by atoms with E-state index in [9.17, 15) is 4.79 Å². The summed E-state index contributed by atoms with van der Waals surface area (Å²) < 4.78 is 5.69. The van der Waals surface area contributed by atoms with Crippen molar-refractivity contribution in [3.63, 3.8) is 0 Å². The van der Waals surface area contributed by atoms with Gasteiger partial charge in [0.25, 0.3) is 0 Å². The van der Waals surface area contributed by atoms with Crippen molar-refractivity contribution >= 4 is 6.03 Å². The van der Waals surface area contributed by atoms with Crippen molar-refractivity contribution in [2.75, 3.05) is 0 Å². The first-order valence-electron chi connectivity index (χ1n) is 8.02. The van der Waals surface area contributed by atoms with E-state index in [2.05, 4.69) is 15.6 Å². The third-order valence-electron chi connectivity index (χ3n) is 3.90. The molecule has 0 saturated heterocycles. The van der Waals surface area contributed by atoms with Crippen molar-refractivity contribution in [3.8, 4) is 11.6 Å². The molecule has 0 aliphatic heterocycles. The largest absolute Gasteiger partial charge is 0.439 e. The van der Waals surface area contributed by atoms with Crippen LogP contribution in [-0.4, -0.2) is 17.1 Å². The average Bonchev–Trinajstić information content (AvgIpc) is 3.07. The number of carbonyl (C=O) groups is 1. The van der Waals surface area contributed by atoms with Gasteiger partial charge in [0.2, 0.25) is 5.88 Å². The Morgan fingerprint density at radius 3 is 2.83 bits per heavy atom. The van der Waals surface area contributed by atoms with Gasteiger partial charge in [-0.2, -0.15) is 0 Å². The maximum absolute atomic E-state index is 11.9. The summed E-state index contributed by atoms with van der Waals surface area (Å²) in [6.07, 6.45) is 6.27. The smallest absolute Gasteiger partial charge is 0.315 e. The highest BCUT2D eigenvalue weighted by Crippen LogP contribution is 2.20. The van der Waals surface area contributed by atoms with Crippen molar-refractivity contribution < 1.29 is 9.53 Å². The second-order valence-corrected chi connectivity index (χ2v) is 5.73. The molecule has 1 aromatic carbocycles. The van der Waals surface area contributed by atoms with Gasteiger partial charge < -0.3 is 15.4 Å². The minimum Gasteiger partial charge on any atom is -0.439 e. The molecule has 2 aromatic rings. The summed E-state index contributed by atoms with van der Waals surface area (Å²) in [4.78, 5) is 16.0. The number of rotatable bonds is 5. The topological polar surface area (TPSA) is 63.2 Å². The van der Waals surface area contributed by atoms with Gasteiger partial charge >= 0.3 is 6.03 Å². The lowest BCUT2D eigenvalue weighted by Gasteiger charge is -2.13. The van der Waals surface area contributed by atoms with E-state index in [0.29, 0.717) is 24.2 Å². The monoisotopic (exact) mass is 311 g/mol. The van der Waals surface area contributed by atoms with Crippen LogP contribution in [0.15, 0.2) is 48.7 Å². The van der Waals surface area contributed by atoms with Gasteiger partial charge in [-0.1, -0.05) is 31.0 Å². The first kappa shape index (κ1) is 15.3. The Balaban J connectivity index is 1.52. The van der Waals surface area contributed by atoms with Crippen LogP contribution in [0, 0.1) is 0 Å². The molecule has 1 aromatic heterocycles. The molecule has 1 aliphatic rings. The van der Waals surface area contributed by atoms with Gasteiger partial charge in [0.05, 0.1) is 0 Å². The predicted molar refractivity (Wildman–Crippen MR) is 88.4 cm³/mol. The van der Waals surface area contributed by atoms with Crippen LogP contribution in [0.3, 0.4) is 0 Å². The van der Waals surface area contributed by atoms with Crippen LogP contribution in [0.5, 0.6) is 11.6 Å². The number of amides is 2. The summed E-state index contributed by atoms with van der Waals surface area (Å²) in [5.74, 6) is 1.26. The van der Waals surface area contributed by atoms with E-state index in [0.717, 1.165) is 18.4 Å². The Morgan fingerprint density at radius 2 is 2.04 bits per heavy atom. The normalized spacial score (nSPS) is 14.4. The second-order valence-electron chi connectivity index (χ2n) is 5.73. The number of hydrogen-bond acceptors (Lipinski definition) is 3. The fourth-order valence-corrected chi connectivity index (χ4v) is 2.74. The van der Waals surface area contributed by atoms with Crippen LogP contribution in [0.4, 0.5) is 4.79 Å². The number of nitrogens with zero attached hydrogens (tertiary/aromatic N) is 1. The average molecular weight is 311 g/mol. The van der Waals surface area contributed by atoms with Crippen LogP contribution < -0.4 is 15.4 Å². The zero-order valence-electron chi connectivity index (χ0n) is 13.0. The van der Waals surface area contributed by atoms with E-state index in [1.54, 1.807) is 12.3 Å². The van der Waals surface area contributed by atoms with Gasteiger partial charge in [0.1, 0.15) is 5.75 Å². The SMILES string of the molecule is O=C(NCc1cccc(Oc2ccccn2)c1)NC1CCCC1. The van der Waals surface area contributed by atoms with Crippen molar-refractivity contribution in [1.29, 1.82) is 0 Å². The van der Waals surface area contributed by atoms with Gasteiger partial charge in [0, 0.05) is 24.8 Å². The fourth-order valence-electron chi connectivity index (χ4n) is 2.74. The Kier molecular flexibility index (Phi) is 5.09. The molecule has 23 heavy (non-hydrogen) atoms. The maximum atomic E-state index is 11.9. The van der Waals surface area contributed by atoms with Crippen LogP contribution in [-0.2, 0) is 6.54 Å². The van der Waals surface area contributed by atoms with Crippen LogP contribution in [0.2, 0.25) is 0 Å². The molecule has 0 bridgehead atoms. The Labute approximate surface area is 136 Å². The summed E-state index contributed by atoms with van der Waals surface area (Å²) >= 11 is 0. The van der Waals surface area contributed by atoms with E-state index in [1.807, 2.05) is 36.4 Å². The highest BCUT2D eigenvalue weighted by atomic mass is 16.5. The second kappa shape index (κ2) is 7.63. The molecule has 1 saturated carbocycles. The van der Waals surface area contributed by atoms with Crippen molar-refractivity contribution in [3.05, 3.63) is 54.2 Å². The summed E-state index contributed by atoms with van der Waals surface area (Å²) in [7, 11) is 0. The molecule has 0 spiro atoms. The number of aromatic nitrogens is 1. The molecule has 0 unspecified atom stereocenters. The van der Waals surface area contributed by atoms with Gasteiger partial charge in [-0.3, -0.25) is 0 Å². The van der Waals surface area contributed by atoms with Crippen molar-refractivity contribution in [2.45, 2.75) is 38.3 Å². The highest BCUT2D eigenvalue weighted by Gasteiger charge is 2.16. The van der Waals surface area contributed by atoms with Gasteiger partial charge in [0.15, 0.2) is 0 Å². The van der Waals surface area contributed by atoms with Crippen LogP contribution in [0.1, 0.15) is 31.2 Å². The van der Waals surface area contributed by atoms with Crippen molar-refractivity contribution in [2.24, 2.45) is 0 Å². The van der Waals surface area contributed by atoms with Crippen LogP contribution >= 0.6 is 0 Å². The van der Waals surface area contributed by atoms with E-state index < -0.39 is 0 Å². The summed E-state index contributed by atoms with van der Waals surface area (Å²) in [5.41, 5.74) is 0.986. The number of hydrogen-bond donors (Lipinski definition) is 2. The Bertz CT molecular complexity index is 640. The molecule has 3 rings (SSSR count). The Hall–Kier alpha value is -2.56. The van der Waals surface area contributed by atoms with Gasteiger partial charge in [-0.15, -0.1) is 0 Å². The lowest BCUT2D eigenvalue weighted by Crippen LogP contribution is -2.40. The fraction of sp³-hybridized carbons (Fsp3) is 0.333. The molecular weight excluding hydrogens is 290 g/mol. The Morgan fingerprint density at radius 1 is 1.17 bits per heavy atom. The number of carbonyl (C=O) groups excluding carboxylic acids is 1. The minimum atomic E-state index is -0.104. The minimum absolute atomic E-state index is 0.104. The standard InChI is InChI=1S/C18H21N3O2/c22-18(21-15-7-1-2-8-15)20-13-14-6-5-9-16(12-14)23-17-10-3-4-11-19-17/h3-6,9-12,15H,1-2,7-8,13H2,(H2,20,21,22). The number of urea groups is 1. The van der Waals surface area contributed by atoms with Crippen LogP contribution in [0.25, 0.3) is 0 Å². The molecule has 1 fully saturated rings. The lowest BCUT2D eigenvalue weighted by molar-refractivity contribution is 0.236.